The van der Waals surface area contributed by atoms with Crippen LogP contribution in [0.5, 0.6) is 5.75 Å². The zero-order chi connectivity index (χ0) is 25.0. The van der Waals surface area contributed by atoms with E-state index in [1.54, 1.807) is 49.4 Å². The van der Waals surface area contributed by atoms with Gasteiger partial charge in [0.15, 0.2) is 0 Å². The summed E-state index contributed by atoms with van der Waals surface area (Å²) < 4.78 is 49.9. The van der Waals surface area contributed by atoms with E-state index in [1.807, 2.05) is 0 Å². The summed E-state index contributed by atoms with van der Waals surface area (Å²) in [5, 5.41) is 0.0750. The van der Waals surface area contributed by atoms with Gasteiger partial charge in [0.2, 0.25) is 0 Å². The minimum absolute atomic E-state index is 0.0750. The van der Waals surface area contributed by atoms with Crippen molar-refractivity contribution in [2.75, 3.05) is 0 Å². The van der Waals surface area contributed by atoms with Crippen LogP contribution in [0, 0.1) is 12.7 Å². The number of benzene rings is 3. The van der Waals surface area contributed by atoms with E-state index in [-0.39, 0.29) is 40.2 Å². The second-order valence-electron chi connectivity index (χ2n) is 7.82. The van der Waals surface area contributed by atoms with Crippen molar-refractivity contribution < 1.29 is 26.2 Å². The smallest absolute Gasteiger partial charge is 0.340 e. The Morgan fingerprint density at radius 3 is 2.40 bits per heavy atom. The molecular weight excluding hydrogens is 493 g/mol. The molecule has 1 heterocycles. The number of halogens is 2. The molecule has 0 aliphatic heterocycles. The van der Waals surface area contributed by atoms with Crippen molar-refractivity contribution in [2.45, 2.75) is 24.9 Å². The van der Waals surface area contributed by atoms with E-state index in [0.717, 1.165) is 0 Å². The normalized spacial score (nSPS) is 11.3. The van der Waals surface area contributed by atoms with Crippen LogP contribution in [0.3, 0.4) is 0 Å². The van der Waals surface area contributed by atoms with Gasteiger partial charge in [-0.25, -0.2) is 4.39 Å². The summed E-state index contributed by atoms with van der Waals surface area (Å²) in [6.07, 6.45) is 1.51. The zero-order valence-corrected chi connectivity index (χ0v) is 20.2. The molecular formula is C26H21ClFNO5S. The number of furan rings is 1. The Bertz CT molecular complexity index is 1420. The van der Waals surface area contributed by atoms with Crippen LogP contribution < -0.4 is 4.18 Å². The summed E-state index contributed by atoms with van der Waals surface area (Å²) in [6, 6.07) is 20.0. The molecule has 3 aromatic carbocycles. The molecule has 0 saturated carbocycles. The molecule has 0 spiro atoms. The van der Waals surface area contributed by atoms with Gasteiger partial charge < -0.3 is 13.5 Å². The van der Waals surface area contributed by atoms with E-state index in [0.29, 0.717) is 16.9 Å². The lowest BCUT2D eigenvalue weighted by Crippen LogP contribution is -2.30. The average Bonchev–Trinajstić information content (AvgIpc) is 3.32. The fraction of sp³-hybridized carbons (Fsp3) is 0.115. The molecule has 4 aromatic rings. The number of carbonyl (C=O) groups is 1. The molecule has 0 fully saturated rings. The van der Waals surface area contributed by atoms with E-state index >= 15 is 0 Å². The lowest BCUT2D eigenvalue weighted by molar-refractivity contribution is 0.0717. The van der Waals surface area contributed by atoms with Gasteiger partial charge in [-0.2, -0.15) is 8.42 Å². The highest BCUT2D eigenvalue weighted by atomic mass is 35.5. The van der Waals surface area contributed by atoms with Gasteiger partial charge in [-0.05, 0) is 66.6 Å². The second kappa shape index (κ2) is 10.3. The van der Waals surface area contributed by atoms with Crippen molar-refractivity contribution in [2.24, 2.45) is 0 Å². The minimum Gasteiger partial charge on any atom is -0.467 e. The molecule has 1 aromatic heterocycles. The molecule has 0 aliphatic carbocycles. The molecule has 0 unspecified atom stereocenters. The molecule has 1 amide bonds. The maximum atomic E-state index is 13.7. The molecule has 0 N–H and O–H groups in total. The Labute approximate surface area is 207 Å². The highest BCUT2D eigenvalue weighted by molar-refractivity contribution is 7.87. The molecule has 0 saturated heterocycles. The average molecular weight is 514 g/mol. The Hall–Kier alpha value is -3.62. The number of nitrogens with zero attached hydrogens (tertiary/aromatic N) is 1. The van der Waals surface area contributed by atoms with Crippen LogP contribution in [0.2, 0.25) is 5.02 Å². The molecule has 0 bridgehead atoms. The van der Waals surface area contributed by atoms with Crippen LogP contribution in [0.25, 0.3) is 0 Å². The lowest BCUT2D eigenvalue weighted by atomic mass is 10.1. The third-order valence-corrected chi connectivity index (χ3v) is 7.08. The van der Waals surface area contributed by atoms with Gasteiger partial charge in [0.05, 0.1) is 17.8 Å². The molecule has 180 valence electrons. The molecule has 0 atom stereocenters. The lowest BCUT2D eigenvalue weighted by Gasteiger charge is -2.22. The highest BCUT2D eigenvalue weighted by Gasteiger charge is 2.23. The quantitative estimate of drug-likeness (QED) is 0.270. The first-order valence-corrected chi connectivity index (χ1v) is 12.4. The first-order valence-electron chi connectivity index (χ1n) is 10.6. The standard InChI is InChI=1S/C26H21ClFNO5S/c1-18-5-2-9-24(27)25(18)35(31,32)34-22-12-10-19(11-13-22)16-29(17-23-8-4-14-33-23)26(30)20-6-3-7-21(28)15-20/h2-15H,16-17H2,1H3. The van der Waals surface area contributed by atoms with Crippen LogP contribution in [0.1, 0.15) is 27.2 Å². The van der Waals surface area contributed by atoms with Gasteiger partial charge in [0.25, 0.3) is 5.91 Å². The number of amides is 1. The summed E-state index contributed by atoms with van der Waals surface area (Å²) in [7, 11) is -4.14. The first kappa shape index (κ1) is 24.5. The topological polar surface area (TPSA) is 76.8 Å². The van der Waals surface area contributed by atoms with Crippen molar-refractivity contribution in [3.8, 4) is 5.75 Å². The Morgan fingerprint density at radius 1 is 1.00 bits per heavy atom. The zero-order valence-electron chi connectivity index (χ0n) is 18.6. The van der Waals surface area contributed by atoms with Gasteiger partial charge in [-0.15, -0.1) is 0 Å². The summed E-state index contributed by atoms with van der Waals surface area (Å²) in [6.45, 7) is 1.97. The van der Waals surface area contributed by atoms with E-state index < -0.39 is 15.9 Å². The van der Waals surface area contributed by atoms with E-state index in [2.05, 4.69) is 0 Å². The minimum atomic E-state index is -4.14. The van der Waals surface area contributed by atoms with Crippen LogP contribution in [0.15, 0.2) is 94.4 Å². The van der Waals surface area contributed by atoms with Crippen LogP contribution >= 0.6 is 11.6 Å². The van der Waals surface area contributed by atoms with Crippen LogP contribution in [-0.2, 0) is 23.2 Å². The first-order chi connectivity index (χ1) is 16.7. The molecule has 35 heavy (non-hydrogen) atoms. The number of carbonyl (C=O) groups excluding carboxylic acids is 1. The monoisotopic (exact) mass is 513 g/mol. The van der Waals surface area contributed by atoms with Gasteiger partial charge >= 0.3 is 10.1 Å². The number of hydrogen-bond donors (Lipinski definition) is 0. The van der Waals surface area contributed by atoms with Crippen molar-refractivity contribution in [1.29, 1.82) is 0 Å². The SMILES string of the molecule is Cc1cccc(Cl)c1S(=O)(=O)Oc1ccc(CN(Cc2ccco2)C(=O)c2cccc(F)c2)cc1. The maximum absolute atomic E-state index is 13.7. The van der Waals surface area contributed by atoms with Crippen LogP contribution in [-0.4, -0.2) is 19.2 Å². The van der Waals surface area contributed by atoms with E-state index in [9.17, 15) is 17.6 Å². The predicted octanol–water partition coefficient (Wildman–Crippen LogP) is 5.99. The molecule has 0 aliphatic rings. The predicted molar refractivity (Wildman–Crippen MR) is 129 cm³/mol. The highest BCUT2D eigenvalue weighted by Crippen LogP contribution is 2.28. The summed E-state index contributed by atoms with van der Waals surface area (Å²) in [5.74, 6) is -0.221. The third-order valence-electron chi connectivity index (χ3n) is 5.20. The fourth-order valence-electron chi connectivity index (χ4n) is 3.57. The van der Waals surface area contributed by atoms with Gasteiger partial charge in [-0.1, -0.05) is 41.9 Å². The van der Waals surface area contributed by atoms with E-state index in [1.165, 1.54) is 47.6 Å². The number of aryl methyl sites for hydroxylation is 1. The van der Waals surface area contributed by atoms with Crippen molar-refractivity contribution >= 4 is 27.6 Å². The maximum Gasteiger partial charge on any atom is 0.340 e. The third kappa shape index (κ3) is 5.90. The second-order valence-corrected chi connectivity index (χ2v) is 9.71. The van der Waals surface area contributed by atoms with Crippen molar-refractivity contribution in [3.05, 3.63) is 118 Å². The molecule has 6 nitrogen and oxygen atoms in total. The molecule has 0 radical (unpaired) electrons. The van der Waals surface area contributed by atoms with Gasteiger partial charge in [0.1, 0.15) is 22.2 Å². The molecule has 9 heteroatoms. The number of hydrogen-bond acceptors (Lipinski definition) is 5. The van der Waals surface area contributed by atoms with Gasteiger partial charge in [-0.3, -0.25) is 4.79 Å². The largest absolute Gasteiger partial charge is 0.467 e. The summed E-state index contributed by atoms with van der Waals surface area (Å²) >= 11 is 6.08. The van der Waals surface area contributed by atoms with E-state index in [4.69, 9.17) is 20.2 Å². The molecule has 4 rings (SSSR count). The summed E-state index contributed by atoms with van der Waals surface area (Å²) in [5.41, 5.74) is 1.39. The Balaban J connectivity index is 1.54. The Morgan fingerprint density at radius 2 is 1.74 bits per heavy atom. The summed E-state index contributed by atoms with van der Waals surface area (Å²) in [4.78, 5) is 14.5. The Kier molecular flexibility index (Phi) is 7.23. The van der Waals surface area contributed by atoms with Crippen molar-refractivity contribution in [1.82, 2.24) is 4.90 Å². The van der Waals surface area contributed by atoms with Crippen molar-refractivity contribution in [3.63, 3.8) is 0 Å². The van der Waals surface area contributed by atoms with Crippen LogP contribution in [0.4, 0.5) is 4.39 Å². The fourth-order valence-corrected chi connectivity index (χ4v) is 5.29. The van der Waals surface area contributed by atoms with Gasteiger partial charge in [0, 0.05) is 12.1 Å². The number of rotatable bonds is 8.